The zero-order chi connectivity index (χ0) is 24.5. The van der Waals surface area contributed by atoms with Crippen LogP contribution in [0.2, 0.25) is 0 Å². The van der Waals surface area contributed by atoms with Crippen molar-refractivity contribution in [3.8, 4) is 28.6 Å². The minimum atomic E-state index is 0.107. The second-order valence-corrected chi connectivity index (χ2v) is 9.11. The van der Waals surface area contributed by atoms with Gasteiger partial charge in [0.25, 0.3) is 0 Å². The predicted molar refractivity (Wildman–Crippen MR) is 135 cm³/mol. The highest BCUT2D eigenvalue weighted by molar-refractivity contribution is 5.83. The van der Waals surface area contributed by atoms with E-state index in [9.17, 15) is 10.1 Å². The molecular formula is C27H27N7O. The fourth-order valence-electron chi connectivity index (χ4n) is 4.44. The summed E-state index contributed by atoms with van der Waals surface area (Å²) in [4.78, 5) is 25.3. The number of rotatable bonds is 4. The highest BCUT2D eigenvalue weighted by Crippen LogP contribution is 2.30. The molecule has 5 rings (SSSR count). The Morgan fingerprint density at radius 3 is 2.31 bits per heavy atom. The molecule has 1 fully saturated rings. The third-order valence-electron chi connectivity index (χ3n) is 6.56. The molecule has 35 heavy (non-hydrogen) atoms. The van der Waals surface area contributed by atoms with Crippen molar-refractivity contribution in [1.82, 2.24) is 24.5 Å². The molecule has 4 aromatic rings. The minimum absolute atomic E-state index is 0.107. The zero-order valence-corrected chi connectivity index (χ0v) is 20.1. The summed E-state index contributed by atoms with van der Waals surface area (Å²) in [6, 6.07) is 14.6. The van der Waals surface area contributed by atoms with Crippen LogP contribution < -0.4 is 4.90 Å². The average Bonchev–Trinajstić information content (AvgIpc) is 3.31. The van der Waals surface area contributed by atoms with Crippen molar-refractivity contribution in [2.75, 3.05) is 31.1 Å². The van der Waals surface area contributed by atoms with Gasteiger partial charge in [-0.2, -0.15) is 10.4 Å². The monoisotopic (exact) mass is 465 g/mol. The van der Waals surface area contributed by atoms with Gasteiger partial charge in [-0.3, -0.25) is 4.79 Å². The normalized spacial score (nSPS) is 13.9. The van der Waals surface area contributed by atoms with Gasteiger partial charge in [-0.15, -0.1) is 0 Å². The first kappa shape index (κ1) is 22.5. The van der Waals surface area contributed by atoms with Crippen LogP contribution in [-0.4, -0.2) is 56.6 Å². The molecule has 1 aliphatic rings. The molecule has 8 heteroatoms. The van der Waals surface area contributed by atoms with Gasteiger partial charge in [0, 0.05) is 50.4 Å². The van der Waals surface area contributed by atoms with Gasteiger partial charge in [0.05, 0.1) is 23.8 Å². The van der Waals surface area contributed by atoms with Crippen LogP contribution in [0, 0.1) is 11.3 Å². The fourth-order valence-corrected chi connectivity index (χ4v) is 4.44. The largest absolute Gasteiger partial charge is 0.353 e. The van der Waals surface area contributed by atoms with E-state index in [1.165, 1.54) is 5.56 Å². The van der Waals surface area contributed by atoms with Gasteiger partial charge in [0.1, 0.15) is 23.0 Å². The first-order valence-electron chi connectivity index (χ1n) is 11.8. The molecule has 0 unspecified atom stereocenters. The predicted octanol–water partition coefficient (Wildman–Crippen LogP) is 4.12. The van der Waals surface area contributed by atoms with Gasteiger partial charge in [-0.25, -0.2) is 14.5 Å². The molecule has 3 aromatic heterocycles. The van der Waals surface area contributed by atoms with E-state index in [1.54, 1.807) is 23.8 Å². The summed E-state index contributed by atoms with van der Waals surface area (Å²) in [6.07, 6.45) is 5.23. The molecule has 0 N–H and O–H groups in total. The molecule has 4 heterocycles. The summed E-state index contributed by atoms with van der Waals surface area (Å²) in [5.74, 6) is 1.42. The van der Waals surface area contributed by atoms with E-state index < -0.39 is 0 Å². The Bertz CT molecular complexity index is 1410. The molecule has 8 nitrogen and oxygen atoms in total. The Morgan fingerprint density at radius 2 is 1.71 bits per heavy atom. The van der Waals surface area contributed by atoms with Crippen LogP contribution >= 0.6 is 0 Å². The summed E-state index contributed by atoms with van der Waals surface area (Å²) in [5, 5.41) is 14.1. The number of hydrogen-bond acceptors (Lipinski definition) is 6. The van der Waals surface area contributed by atoms with E-state index in [0.29, 0.717) is 35.8 Å². The Labute approximate surface area is 204 Å². The third kappa shape index (κ3) is 4.33. The molecule has 0 bridgehead atoms. The lowest BCUT2D eigenvalue weighted by atomic mass is 10.0. The summed E-state index contributed by atoms with van der Waals surface area (Å²) in [5.41, 5.74) is 5.66. The Morgan fingerprint density at radius 1 is 1.00 bits per heavy atom. The molecule has 0 aliphatic carbocycles. The molecule has 0 saturated carbocycles. The second kappa shape index (κ2) is 9.18. The number of benzene rings is 1. The number of pyridine rings is 1. The maximum absolute atomic E-state index is 11.6. The van der Waals surface area contributed by atoms with E-state index in [-0.39, 0.29) is 5.91 Å². The van der Waals surface area contributed by atoms with Gasteiger partial charge in [-0.1, -0.05) is 38.1 Å². The highest BCUT2D eigenvalue weighted by atomic mass is 16.2. The van der Waals surface area contributed by atoms with Crippen LogP contribution in [0.1, 0.15) is 37.8 Å². The van der Waals surface area contributed by atoms with E-state index in [2.05, 4.69) is 54.2 Å². The van der Waals surface area contributed by atoms with Crippen LogP contribution in [0.4, 0.5) is 5.82 Å². The first-order chi connectivity index (χ1) is 16.9. The topological polar surface area (TPSA) is 90.4 Å². The van der Waals surface area contributed by atoms with Crippen molar-refractivity contribution >= 4 is 17.2 Å². The number of nitrogens with zero attached hydrogens (tertiary/aromatic N) is 7. The molecule has 0 spiro atoms. The van der Waals surface area contributed by atoms with Gasteiger partial charge < -0.3 is 9.80 Å². The fraction of sp³-hybridized carbons (Fsp3) is 0.296. The average molecular weight is 466 g/mol. The molecule has 0 atom stereocenters. The summed E-state index contributed by atoms with van der Waals surface area (Å²) in [6.45, 7) is 8.83. The Balaban J connectivity index is 1.51. The van der Waals surface area contributed by atoms with E-state index in [1.807, 2.05) is 23.2 Å². The number of carbonyl (C=O) groups is 1. The highest BCUT2D eigenvalue weighted by Gasteiger charge is 2.20. The number of hydrogen-bond donors (Lipinski definition) is 0. The zero-order valence-electron chi connectivity index (χ0n) is 20.1. The quantitative estimate of drug-likeness (QED) is 0.450. The van der Waals surface area contributed by atoms with Crippen LogP contribution in [0.15, 0.2) is 55.0 Å². The number of anilines is 1. The molecule has 1 saturated heterocycles. The lowest BCUT2D eigenvalue weighted by molar-refractivity contribution is -0.129. The Kier molecular flexibility index (Phi) is 5.91. The SMILES string of the molecule is CC(=O)N1CCN(c2ccc(-c3nc(-c4ccc(C(C)C)cc4)cn4ncc(C#N)c34)cn2)CC1. The van der Waals surface area contributed by atoms with Crippen LogP contribution in [0.25, 0.3) is 28.0 Å². The van der Waals surface area contributed by atoms with Gasteiger partial charge in [0.2, 0.25) is 5.91 Å². The van der Waals surface area contributed by atoms with Crippen molar-refractivity contribution in [3.05, 3.63) is 66.1 Å². The lowest BCUT2D eigenvalue weighted by Gasteiger charge is -2.34. The molecule has 1 aromatic carbocycles. The van der Waals surface area contributed by atoms with E-state index in [0.717, 1.165) is 35.7 Å². The number of carbonyl (C=O) groups excluding carboxylic acids is 1. The van der Waals surface area contributed by atoms with E-state index >= 15 is 0 Å². The lowest BCUT2D eigenvalue weighted by Crippen LogP contribution is -2.48. The van der Waals surface area contributed by atoms with Gasteiger partial charge in [-0.05, 0) is 23.6 Å². The summed E-state index contributed by atoms with van der Waals surface area (Å²) in [7, 11) is 0. The third-order valence-corrected chi connectivity index (χ3v) is 6.56. The van der Waals surface area contributed by atoms with Crippen molar-refractivity contribution in [2.24, 2.45) is 0 Å². The smallest absolute Gasteiger partial charge is 0.219 e. The van der Waals surface area contributed by atoms with Crippen LogP contribution in [-0.2, 0) is 4.79 Å². The standard InChI is InChI=1S/C27H27N7O/c1-18(2)20-4-6-21(7-5-20)24-17-34-27(23(14-28)16-30-34)26(31-24)22-8-9-25(29-15-22)33-12-10-32(11-13-33)19(3)35/h4-9,15-18H,10-13H2,1-3H3. The van der Waals surface area contributed by atoms with Gasteiger partial charge >= 0.3 is 0 Å². The van der Waals surface area contributed by atoms with Crippen molar-refractivity contribution in [3.63, 3.8) is 0 Å². The number of aromatic nitrogens is 4. The van der Waals surface area contributed by atoms with Gasteiger partial charge in [0.15, 0.2) is 0 Å². The van der Waals surface area contributed by atoms with Crippen molar-refractivity contribution in [2.45, 2.75) is 26.7 Å². The first-order valence-corrected chi connectivity index (χ1v) is 11.8. The molecule has 0 radical (unpaired) electrons. The second-order valence-electron chi connectivity index (χ2n) is 9.11. The molecular weight excluding hydrogens is 438 g/mol. The molecule has 1 amide bonds. The number of amides is 1. The number of fused-ring (bicyclic) bond motifs is 1. The summed E-state index contributed by atoms with van der Waals surface area (Å²) < 4.78 is 1.72. The maximum atomic E-state index is 11.6. The van der Waals surface area contributed by atoms with Crippen LogP contribution in [0.3, 0.4) is 0 Å². The Hall–Kier alpha value is -4.25. The summed E-state index contributed by atoms with van der Waals surface area (Å²) >= 11 is 0. The maximum Gasteiger partial charge on any atom is 0.219 e. The number of piperazine rings is 1. The number of nitriles is 1. The molecule has 1 aliphatic heterocycles. The van der Waals surface area contributed by atoms with Crippen molar-refractivity contribution < 1.29 is 4.79 Å². The van der Waals surface area contributed by atoms with Crippen LogP contribution in [0.5, 0.6) is 0 Å². The molecule has 176 valence electrons. The van der Waals surface area contributed by atoms with Crippen molar-refractivity contribution in [1.29, 1.82) is 5.26 Å². The van der Waals surface area contributed by atoms with E-state index in [4.69, 9.17) is 9.97 Å². The minimum Gasteiger partial charge on any atom is -0.353 e.